The summed E-state index contributed by atoms with van der Waals surface area (Å²) in [6.45, 7) is 2.36. The maximum atomic E-state index is 12.7. The molecule has 5 nitrogen and oxygen atoms in total. The molecule has 4 aromatic rings. The number of hydrogen-bond donors (Lipinski definition) is 1. The number of benzene rings is 2. The first kappa shape index (κ1) is 21.6. The summed E-state index contributed by atoms with van der Waals surface area (Å²) in [6.07, 6.45) is 3.51. The SMILES string of the molecule is C[C@@H](NC(=O)c1ccc(Sc2ccccn2)cc1)c1cccc(OCc2ccccn2)c1. The van der Waals surface area contributed by atoms with Crippen molar-refractivity contribution >= 4 is 17.7 Å². The quantitative estimate of drug-likeness (QED) is 0.380. The van der Waals surface area contributed by atoms with Crippen molar-refractivity contribution in [3.05, 3.63) is 114 Å². The number of nitrogens with one attached hydrogen (secondary N) is 1. The van der Waals surface area contributed by atoms with Gasteiger partial charge in [0.1, 0.15) is 17.4 Å². The van der Waals surface area contributed by atoms with Crippen LogP contribution in [-0.2, 0) is 6.61 Å². The number of nitrogens with zero attached hydrogens (tertiary/aromatic N) is 2. The van der Waals surface area contributed by atoms with E-state index in [9.17, 15) is 4.79 Å². The van der Waals surface area contributed by atoms with Gasteiger partial charge in [0, 0.05) is 22.9 Å². The van der Waals surface area contributed by atoms with Crippen molar-refractivity contribution in [1.29, 1.82) is 0 Å². The van der Waals surface area contributed by atoms with Crippen LogP contribution in [0, 0.1) is 0 Å². The number of pyridine rings is 2. The molecular weight excluding hydrogens is 418 g/mol. The average molecular weight is 442 g/mol. The molecule has 0 fully saturated rings. The van der Waals surface area contributed by atoms with E-state index in [0.29, 0.717) is 12.2 Å². The summed E-state index contributed by atoms with van der Waals surface area (Å²) >= 11 is 1.56. The Bertz CT molecular complexity index is 1150. The first-order chi connectivity index (χ1) is 15.7. The number of aromatic nitrogens is 2. The molecular formula is C26H23N3O2S. The van der Waals surface area contributed by atoms with Gasteiger partial charge in [0.2, 0.25) is 0 Å². The smallest absolute Gasteiger partial charge is 0.251 e. The van der Waals surface area contributed by atoms with Crippen LogP contribution in [0.1, 0.15) is 34.6 Å². The van der Waals surface area contributed by atoms with Crippen LogP contribution < -0.4 is 10.1 Å². The predicted octanol–water partition coefficient (Wildman–Crippen LogP) is 5.70. The minimum Gasteiger partial charge on any atom is -0.487 e. The molecule has 160 valence electrons. The molecule has 2 heterocycles. The summed E-state index contributed by atoms with van der Waals surface area (Å²) in [5.41, 5.74) is 2.45. The van der Waals surface area contributed by atoms with Gasteiger partial charge in [-0.3, -0.25) is 9.78 Å². The fourth-order valence-corrected chi connectivity index (χ4v) is 3.85. The molecule has 0 aliphatic carbocycles. The van der Waals surface area contributed by atoms with E-state index in [-0.39, 0.29) is 11.9 Å². The normalized spacial score (nSPS) is 11.5. The van der Waals surface area contributed by atoms with Crippen LogP contribution in [0.5, 0.6) is 5.75 Å². The second kappa shape index (κ2) is 10.6. The third kappa shape index (κ3) is 5.95. The van der Waals surface area contributed by atoms with E-state index >= 15 is 0 Å². The molecule has 0 bridgehead atoms. The van der Waals surface area contributed by atoms with Crippen LogP contribution in [0.2, 0.25) is 0 Å². The second-order valence-corrected chi connectivity index (χ2v) is 8.27. The molecule has 1 N–H and O–H groups in total. The van der Waals surface area contributed by atoms with Gasteiger partial charge in [-0.2, -0.15) is 0 Å². The standard InChI is InChI=1S/C26H23N3O2S/c1-19(21-7-6-9-23(17-21)31-18-22-8-2-4-15-27-22)29-26(30)20-11-13-24(14-12-20)32-25-10-3-5-16-28-25/h2-17,19H,18H2,1H3,(H,29,30)/t19-/m1/s1. The van der Waals surface area contributed by atoms with E-state index in [2.05, 4.69) is 15.3 Å². The molecule has 0 aliphatic heterocycles. The van der Waals surface area contributed by atoms with Crippen molar-refractivity contribution in [1.82, 2.24) is 15.3 Å². The minimum absolute atomic E-state index is 0.119. The maximum absolute atomic E-state index is 12.7. The van der Waals surface area contributed by atoms with Crippen LogP contribution in [0.25, 0.3) is 0 Å². The molecule has 0 saturated heterocycles. The zero-order valence-corrected chi connectivity index (χ0v) is 18.5. The van der Waals surface area contributed by atoms with Crippen molar-refractivity contribution < 1.29 is 9.53 Å². The Balaban J connectivity index is 1.35. The van der Waals surface area contributed by atoms with Crippen molar-refractivity contribution in [2.24, 2.45) is 0 Å². The van der Waals surface area contributed by atoms with E-state index in [4.69, 9.17) is 4.74 Å². The monoisotopic (exact) mass is 441 g/mol. The van der Waals surface area contributed by atoms with Gasteiger partial charge in [-0.1, -0.05) is 36.0 Å². The molecule has 2 aromatic heterocycles. The van der Waals surface area contributed by atoms with E-state index in [1.807, 2.05) is 91.9 Å². The fourth-order valence-electron chi connectivity index (χ4n) is 3.08. The minimum atomic E-state index is -0.163. The summed E-state index contributed by atoms with van der Waals surface area (Å²) in [7, 11) is 0. The lowest BCUT2D eigenvalue weighted by Gasteiger charge is -2.16. The van der Waals surface area contributed by atoms with Gasteiger partial charge >= 0.3 is 0 Å². The molecule has 4 rings (SSSR count). The first-order valence-corrected chi connectivity index (χ1v) is 11.1. The topological polar surface area (TPSA) is 64.1 Å². The molecule has 32 heavy (non-hydrogen) atoms. The van der Waals surface area contributed by atoms with Gasteiger partial charge in [0.25, 0.3) is 5.91 Å². The first-order valence-electron chi connectivity index (χ1n) is 10.3. The summed E-state index contributed by atoms with van der Waals surface area (Å²) in [5.74, 6) is 0.622. The van der Waals surface area contributed by atoms with Crippen LogP contribution in [0.3, 0.4) is 0 Å². The van der Waals surface area contributed by atoms with Crippen molar-refractivity contribution in [3.63, 3.8) is 0 Å². The van der Waals surface area contributed by atoms with Gasteiger partial charge in [-0.05, 0) is 73.2 Å². The Morgan fingerprint density at radius 1 is 0.938 bits per heavy atom. The number of carbonyl (C=O) groups is 1. The molecule has 0 unspecified atom stereocenters. The predicted molar refractivity (Wildman–Crippen MR) is 126 cm³/mol. The second-order valence-electron chi connectivity index (χ2n) is 7.17. The van der Waals surface area contributed by atoms with Gasteiger partial charge < -0.3 is 10.1 Å². The molecule has 1 amide bonds. The Hall–Kier alpha value is -3.64. The highest BCUT2D eigenvalue weighted by atomic mass is 32.2. The summed E-state index contributed by atoms with van der Waals surface area (Å²) in [5, 5.41) is 3.98. The zero-order valence-electron chi connectivity index (χ0n) is 17.6. The fraction of sp³-hybridized carbons (Fsp3) is 0.115. The summed E-state index contributed by atoms with van der Waals surface area (Å²) < 4.78 is 5.85. The lowest BCUT2D eigenvalue weighted by atomic mass is 10.1. The van der Waals surface area contributed by atoms with Crippen LogP contribution in [0.4, 0.5) is 0 Å². The lowest BCUT2D eigenvalue weighted by Crippen LogP contribution is -2.26. The molecule has 2 aromatic carbocycles. The van der Waals surface area contributed by atoms with Gasteiger partial charge in [-0.15, -0.1) is 0 Å². The average Bonchev–Trinajstić information content (AvgIpc) is 2.84. The van der Waals surface area contributed by atoms with Crippen molar-refractivity contribution in [3.8, 4) is 5.75 Å². The lowest BCUT2D eigenvalue weighted by molar-refractivity contribution is 0.0939. The Morgan fingerprint density at radius 2 is 1.72 bits per heavy atom. The highest BCUT2D eigenvalue weighted by Gasteiger charge is 2.12. The van der Waals surface area contributed by atoms with Gasteiger partial charge in [0.05, 0.1) is 11.7 Å². The van der Waals surface area contributed by atoms with Crippen molar-refractivity contribution in [2.45, 2.75) is 29.5 Å². The van der Waals surface area contributed by atoms with Crippen LogP contribution in [0.15, 0.2) is 107 Å². The highest BCUT2D eigenvalue weighted by molar-refractivity contribution is 7.99. The van der Waals surface area contributed by atoms with E-state index < -0.39 is 0 Å². The Labute approximate surface area is 191 Å². The third-order valence-electron chi connectivity index (χ3n) is 4.80. The zero-order chi connectivity index (χ0) is 22.2. The molecule has 1 atom stereocenters. The molecule has 6 heteroatoms. The molecule has 0 spiro atoms. The number of ether oxygens (including phenoxy) is 1. The van der Waals surface area contributed by atoms with Crippen LogP contribution in [-0.4, -0.2) is 15.9 Å². The summed E-state index contributed by atoms with van der Waals surface area (Å²) in [4.78, 5) is 22.3. The Morgan fingerprint density at radius 3 is 2.44 bits per heavy atom. The van der Waals surface area contributed by atoms with Gasteiger partial charge in [-0.25, -0.2) is 4.98 Å². The third-order valence-corrected chi connectivity index (χ3v) is 5.75. The highest BCUT2D eigenvalue weighted by Crippen LogP contribution is 2.26. The maximum Gasteiger partial charge on any atom is 0.251 e. The summed E-state index contributed by atoms with van der Waals surface area (Å²) in [6, 6.07) is 26.7. The van der Waals surface area contributed by atoms with E-state index in [0.717, 1.165) is 26.9 Å². The number of hydrogen-bond acceptors (Lipinski definition) is 5. The number of carbonyl (C=O) groups excluding carboxylic acids is 1. The van der Waals surface area contributed by atoms with E-state index in [1.54, 1.807) is 24.2 Å². The van der Waals surface area contributed by atoms with Crippen LogP contribution >= 0.6 is 11.8 Å². The van der Waals surface area contributed by atoms with Crippen molar-refractivity contribution in [2.75, 3.05) is 0 Å². The van der Waals surface area contributed by atoms with Gasteiger partial charge in [0.15, 0.2) is 0 Å². The Kier molecular flexibility index (Phi) is 7.15. The molecule has 0 saturated carbocycles. The van der Waals surface area contributed by atoms with E-state index in [1.165, 1.54) is 0 Å². The molecule has 0 aliphatic rings. The number of amides is 1. The largest absolute Gasteiger partial charge is 0.487 e. The molecule has 0 radical (unpaired) electrons. The number of rotatable bonds is 8.